The van der Waals surface area contributed by atoms with Crippen LogP contribution in [-0.2, 0) is 10.8 Å². The summed E-state index contributed by atoms with van der Waals surface area (Å²) in [6, 6.07) is 56.7. The molecule has 0 radical (unpaired) electrons. The van der Waals surface area contributed by atoms with Crippen LogP contribution in [0.1, 0.15) is 44.5 Å². The number of fused-ring (bicyclic) bond motifs is 20. The third kappa shape index (κ3) is 2.69. The standard InChI is InChI=1S/C44H25ClS/c45-38-22-11-21-36-40(38)41-37(25-24-29-28-14-3-10-23-39(28)46-42(29)41)44(36)34-19-8-6-17-32(34)43(33-18-7-9-20-35(33)44)30-15-4-1-12-26(30)27-13-2-5-16-31(27)43/h1-25H. The van der Waals surface area contributed by atoms with Gasteiger partial charge in [0, 0.05) is 36.3 Å². The molecule has 3 aliphatic rings. The van der Waals surface area contributed by atoms with Crippen molar-refractivity contribution in [3.63, 3.8) is 0 Å². The van der Waals surface area contributed by atoms with E-state index in [-0.39, 0.29) is 0 Å². The Balaban J connectivity index is 1.37. The van der Waals surface area contributed by atoms with Gasteiger partial charge in [0.25, 0.3) is 0 Å². The first-order valence-corrected chi connectivity index (χ1v) is 17.1. The molecule has 11 rings (SSSR count). The van der Waals surface area contributed by atoms with Crippen LogP contribution in [0.5, 0.6) is 0 Å². The van der Waals surface area contributed by atoms with Crippen LogP contribution in [0.2, 0.25) is 5.02 Å². The molecule has 0 fully saturated rings. The molecule has 46 heavy (non-hydrogen) atoms. The second kappa shape index (κ2) is 8.65. The van der Waals surface area contributed by atoms with Crippen LogP contribution in [0.25, 0.3) is 42.4 Å². The molecular formula is C44H25ClS. The third-order valence-corrected chi connectivity index (χ3v) is 12.6. The topological polar surface area (TPSA) is 0 Å². The molecule has 8 aromatic rings. The molecule has 0 unspecified atom stereocenters. The molecular weight excluding hydrogens is 596 g/mol. The molecule has 214 valence electrons. The van der Waals surface area contributed by atoms with E-state index in [9.17, 15) is 0 Å². The largest absolute Gasteiger partial charge is 0.135 e. The fraction of sp³-hybridized carbons (Fsp3) is 0.0455. The van der Waals surface area contributed by atoms with E-state index in [1.165, 1.54) is 86.9 Å². The van der Waals surface area contributed by atoms with Crippen molar-refractivity contribution in [2.24, 2.45) is 0 Å². The van der Waals surface area contributed by atoms with Gasteiger partial charge < -0.3 is 0 Å². The predicted molar refractivity (Wildman–Crippen MR) is 193 cm³/mol. The van der Waals surface area contributed by atoms with Gasteiger partial charge in [0.2, 0.25) is 0 Å². The van der Waals surface area contributed by atoms with Crippen molar-refractivity contribution >= 4 is 43.1 Å². The lowest BCUT2D eigenvalue weighted by atomic mass is 9.52. The predicted octanol–water partition coefficient (Wildman–Crippen LogP) is 11.7. The molecule has 0 N–H and O–H groups in total. The van der Waals surface area contributed by atoms with Gasteiger partial charge in [0.1, 0.15) is 0 Å². The monoisotopic (exact) mass is 620 g/mol. The molecule has 1 heterocycles. The summed E-state index contributed by atoms with van der Waals surface area (Å²) in [6.45, 7) is 0. The highest BCUT2D eigenvalue weighted by Gasteiger charge is 2.59. The second-order valence-electron chi connectivity index (χ2n) is 12.8. The smallest absolute Gasteiger partial charge is 0.0721 e. The normalized spacial score (nSPS) is 15.4. The molecule has 2 heteroatoms. The Morgan fingerprint density at radius 3 is 1.48 bits per heavy atom. The molecule has 0 aliphatic heterocycles. The molecule has 7 aromatic carbocycles. The van der Waals surface area contributed by atoms with Gasteiger partial charge in [-0.25, -0.2) is 0 Å². The lowest BCUT2D eigenvalue weighted by molar-refractivity contribution is 0.633. The molecule has 0 saturated carbocycles. The van der Waals surface area contributed by atoms with Crippen molar-refractivity contribution in [3.05, 3.63) is 201 Å². The maximum Gasteiger partial charge on any atom is 0.0721 e. The summed E-state index contributed by atoms with van der Waals surface area (Å²) in [7, 11) is 0. The highest BCUT2D eigenvalue weighted by Crippen LogP contribution is 2.68. The first-order chi connectivity index (χ1) is 22.8. The summed E-state index contributed by atoms with van der Waals surface area (Å²) in [5.74, 6) is 0. The minimum Gasteiger partial charge on any atom is -0.135 e. The van der Waals surface area contributed by atoms with E-state index in [1.54, 1.807) is 0 Å². The average Bonchev–Trinajstić information content (AvgIpc) is 3.74. The summed E-state index contributed by atoms with van der Waals surface area (Å²) in [5, 5.41) is 3.42. The Morgan fingerprint density at radius 1 is 0.370 bits per heavy atom. The van der Waals surface area contributed by atoms with Crippen LogP contribution in [0, 0.1) is 0 Å². The number of halogens is 1. The molecule has 0 saturated heterocycles. The van der Waals surface area contributed by atoms with E-state index >= 15 is 0 Å². The molecule has 2 spiro atoms. The number of hydrogen-bond acceptors (Lipinski definition) is 1. The molecule has 0 bridgehead atoms. The van der Waals surface area contributed by atoms with E-state index < -0.39 is 10.8 Å². The highest BCUT2D eigenvalue weighted by atomic mass is 35.5. The quantitative estimate of drug-likeness (QED) is 0.158. The Kier molecular flexibility index (Phi) is 4.75. The van der Waals surface area contributed by atoms with E-state index in [0.717, 1.165) is 5.02 Å². The number of hydrogen-bond donors (Lipinski definition) is 0. The van der Waals surface area contributed by atoms with Crippen molar-refractivity contribution in [2.45, 2.75) is 10.8 Å². The van der Waals surface area contributed by atoms with Crippen LogP contribution in [0.15, 0.2) is 152 Å². The zero-order valence-electron chi connectivity index (χ0n) is 24.7. The summed E-state index contributed by atoms with van der Waals surface area (Å²) < 4.78 is 2.62. The third-order valence-electron chi connectivity index (χ3n) is 11.0. The van der Waals surface area contributed by atoms with Gasteiger partial charge in [0.15, 0.2) is 0 Å². The van der Waals surface area contributed by atoms with Gasteiger partial charge in [-0.1, -0.05) is 151 Å². The Morgan fingerprint density at radius 2 is 0.848 bits per heavy atom. The van der Waals surface area contributed by atoms with Gasteiger partial charge in [-0.3, -0.25) is 0 Å². The van der Waals surface area contributed by atoms with Crippen LogP contribution in [0.3, 0.4) is 0 Å². The average molecular weight is 621 g/mol. The zero-order chi connectivity index (χ0) is 30.2. The minimum atomic E-state index is -0.523. The highest BCUT2D eigenvalue weighted by molar-refractivity contribution is 7.26. The molecule has 0 amide bonds. The van der Waals surface area contributed by atoms with Crippen molar-refractivity contribution in [1.29, 1.82) is 0 Å². The SMILES string of the molecule is Clc1cccc2c1-c1c(ccc3c1sc1ccccc13)C21c2ccccc2C2(c3ccccc3-c3ccccc32)c2ccccc21. The van der Waals surface area contributed by atoms with E-state index in [4.69, 9.17) is 11.6 Å². The lowest BCUT2D eigenvalue weighted by Gasteiger charge is -2.48. The maximum atomic E-state index is 7.31. The number of rotatable bonds is 0. The fourth-order valence-corrected chi connectivity index (χ4v) is 11.1. The summed E-state index contributed by atoms with van der Waals surface area (Å²) >= 11 is 9.20. The lowest BCUT2D eigenvalue weighted by Crippen LogP contribution is -2.43. The van der Waals surface area contributed by atoms with Gasteiger partial charge in [-0.2, -0.15) is 0 Å². The van der Waals surface area contributed by atoms with Crippen molar-refractivity contribution < 1.29 is 0 Å². The van der Waals surface area contributed by atoms with Crippen LogP contribution < -0.4 is 0 Å². The van der Waals surface area contributed by atoms with Crippen molar-refractivity contribution in [1.82, 2.24) is 0 Å². The molecule has 0 nitrogen and oxygen atoms in total. The first-order valence-electron chi connectivity index (χ1n) is 15.9. The summed E-state index contributed by atoms with van der Waals surface area (Å²) in [6.07, 6.45) is 0. The number of benzene rings is 7. The van der Waals surface area contributed by atoms with E-state index in [2.05, 4.69) is 152 Å². The van der Waals surface area contributed by atoms with Crippen molar-refractivity contribution in [2.75, 3.05) is 0 Å². The molecule has 0 atom stereocenters. The fourth-order valence-electron chi connectivity index (χ4n) is 9.55. The van der Waals surface area contributed by atoms with E-state index in [0.29, 0.717) is 0 Å². The van der Waals surface area contributed by atoms with Crippen LogP contribution in [-0.4, -0.2) is 0 Å². The minimum absolute atomic E-state index is 0.436. The number of thiophene rings is 1. The summed E-state index contributed by atoms with van der Waals surface area (Å²) in [5.41, 5.74) is 14.8. The molecule has 1 aromatic heterocycles. The second-order valence-corrected chi connectivity index (χ2v) is 14.3. The van der Waals surface area contributed by atoms with Crippen LogP contribution in [0.4, 0.5) is 0 Å². The maximum absolute atomic E-state index is 7.31. The Bertz CT molecular complexity index is 2530. The zero-order valence-corrected chi connectivity index (χ0v) is 26.3. The van der Waals surface area contributed by atoms with Gasteiger partial charge in [-0.15, -0.1) is 11.3 Å². The summed E-state index contributed by atoms with van der Waals surface area (Å²) in [4.78, 5) is 0. The van der Waals surface area contributed by atoms with Crippen LogP contribution >= 0.6 is 22.9 Å². The van der Waals surface area contributed by atoms with Gasteiger partial charge >= 0.3 is 0 Å². The Labute approximate surface area is 276 Å². The molecule has 3 aliphatic carbocycles. The Hall–Kier alpha value is -4.95. The first kappa shape index (κ1) is 25.3. The van der Waals surface area contributed by atoms with E-state index in [1.807, 2.05) is 11.3 Å². The van der Waals surface area contributed by atoms with Gasteiger partial charge in [0.05, 0.1) is 10.8 Å². The van der Waals surface area contributed by atoms with Gasteiger partial charge in [-0.05, 0) is 67.8 Å². The van der Waals surface area contributed by atoms with Crippen molar-refractivity contribution in [3.8, 4) is 22.3 Å².